The molecule has 1 unspecified atom stereocenters. The summed E-state index contributed by atoms with van der Waals surface area (Å²) in [5.74, 6) is -0.00681. The number of hydrogen-bond donors (Lipinski definition) is 0. The lowest BCUT2D eigenvalue weighted by Gasteiger charge is -2.26. The highest BCUT2D eigenvalue weighted by Gasteiger charge is 2.39. The van der Waals surface area contributed by atoms with Gasteiger partial charge in [0.2, 0.25) is 17.1 Å². The summed E-state index contributed by atoms with van der Waals surface area (Å²) in [4.78, 5) is 14.1. The van der Waals surface area contributed by atoms with E-state index in [1.165, 1.54) is 16.7 Å². The fourth-order valence-corrected chi connectivity index (χ4v) is 5.67. The monoisotopic (exact) mass is 480 g/mol. The minimum absolute atomic E-state index is 0.204. The molecule has 1 heterocycles. The second kappa shape index (κ2) is 9.99. The molecule has 0 spiro atoms. The van der Waals surface area contributed by atoms with Crippen molar-refractivity contribution in [2.24, 2.45) is 0 Å². The van der Waals surface area contributed by atoms with Gasteiger partial charge in [-0.2, -0.15) is 4.57 Å². The molecule has 0 bridgehead atoms. The number of carbonyl (C=O) groups is 1. The van der Waals surface area contributed by atoms with E-state index in [9.17, 15) is 4.79 Å². The van der Waals surface area contributed by atoms with Gasteiger partial charge in [-0.15, -0.1) is 0 Å². The lowest BCUT2D eigenvalue weighted by molar-refractivity contribution is -0.594. The van der Waals surface area contributed by atoms with E-state index in [1.807, 2.05) is 30.3 Å². The molecule has 0 saturated carbocycles. The molecule has 6 rings (SSSR count). The number of fused-ring (bicyclic) bond motifs is 1. The first kappa shape index (κ1) is 23.1. The summed E-state index contributed by atoms with van der Waals surface area (Å²) in [5.41, 5.74) is 10.1. The Bertz CT molecular complexity index is 1540. The third-order valence-electron chi connectivity index (χ3n) is 7.47. The molecular weight excluding hydrogens is 450 g/mol. The summed E-state index contributed by atoms with van der Waals surface area (Å²) in [6.07, 6.45) is 2.80. The number of rotatable bonds is 5. The van der Waals surface area contributed by atoms with Crippen molar-refractivity contribution in [2.75, 3.05) is 0 Å². The van der Waals surface area contributed by atoms with E-state index in [-0.39, 0.29) is 11.7 Å². The fraction of sp³-hybridized carbons (Fsp3) is 0.143. The third kappa shape index (κ3) is 4.40. The standard InChI is InChI=1S/C35H30NO/c1-25-20-22-28(23-21-25)35(37)31-19-11-18-30-32(26-12-5-2-6-13-26)24-33(27-14-7-3-8-15-27)36(34(30)31)29-16-9-4-10-17-29/h2-10,12-17,20-24,31H,11,18-19H2,1H3/q+1. The Kier molecular flexibility index (Phi) is 6.24. The molecule has 0 N–H and O–H groups in total. The van der Waals surface area contributed by atoms with Crippen LogP contribution in [0.4, 0.5) is 0 Å². The molecule has 5 aromatic rings. The maximum atomic E-state index is 14.1. The molecule has 180 valence electrons. The zero-order valence-corrected chi connectivity index (χ0v) is 21.1. The quantitative estimate of drug-likeness (QED) is 0.185. The number of pyridine rings is 1. The Labute approximate surface area is 218 Å². The molecule has 0 fully saturated rings. The van der Waals surface area contributed by atoms with Crippen LogP contribution in [0.15, 0.2) is 121 Å². The molecule has 1 aliphatic rings. The van der Waals surface area contributed by atoms with E-state index in [0.717, 1.165) is 53.0 Å². The number of aromatic nitrogens is 1. The molecule has 0 aliphatic heterocycles. The van der Waals surface area contributed by atoms with Crippen molar-refractivity contribution >= 4 is 5.78 Å². The average molecular weight is 481 g/mol. The van der Waals surface area contributed by atoms with Crippen LogP contribution in [0.5, 0.6) is 0 Å². The van der Waals surface area contributed by atoms with Crippen LogP contribution < -0.4 is 4.57 Å². The fourth-order valence-electron chi connectivity index (χ4n) is 5.67. The normalized spacial score (nSPS) is 14.7. The summed E-state index contributed by atoms with van der Waals surface area (Å²) < 4.78 is 2.35. The summed E-state index contributed by atoms with van der Waals surface area (Å²) >= 11 is 0. The first-order valence-corrected chi connectivity index (χ1v) is 13.1. The molecule has 1 aromatic heterocycles. The first-order chi connectivity index (χ1) is 18.2. The summed E-state index contributed by atoms with van der Waals surface area (Å²) in [6, 6.07) is 42.0. The van der Waals surface area contributed by atoms with E-state index in [1.54, 1.807) is 0 Å². The average Bonchev–Trinajstić information content (AvgIpc) is 2.97. The highest BCUT2D eigenvalue weighted by atomic mass is 16.1. The van der Waals surface area contributed by atoms with Crippen LogP contribution in [0, 0.1) is 6.92 Å². The number of hydrogen-bond acceptors (Lipinski definition) is 1. The number of nitrogens with zero attached hydrogens (tertiary/aromatic N) is 1. The van der Waals surface area contributed by atoms with Crippen LogP contribution in [0.1, 0.15) is 45.9 Å². The van der Waals surface area contributed by atoms with Crippen molar-refractivity contribution in [3.8, 4) is 28.1 Å². The van der Waals surface area contributed by atoms with Gasteiger partial charge in [0, 0.05) is 34.9 Å². The maximum Gasteiger partial charge on any atom is 0.219 e. The van der Waals surface area contributed by atoms with Crippen molar-refractivity contribution < 1.29 is 9.36 Å². The van der Waals surface area contributed by atoms with Crippen molar-refractivity contribution in [1.82, 2.24) is 0 Å². The molecule has 1 aliphatic carbocycles. The zero-order chi connectivity index (χ0) is 25.2. The lowest BCUT2D eigenvalue weighted by Crippen LogP contribution is -2.44. The topological polar surface area (TPSA) is 20.9 Å². The SMILES string of the molecule is Cc1ccc(C(=O)C2CCCc3c(-c4ccccc4)cc(-c4ccccc4)[n+](-c4ccccc4)c32)cc1. The summed E-state index contributed by atoms with van der Waals surface area (Å²) in [7, 11) is 0. The molecule has 2 heteroatoms. The second-order valence-corrected chi connectivity index (χ2v) is 9.89. The number of carbonyl (C=O) groups excluding carboxylic acids is 1. The Morgan fingerprint density at radius 1 is 0.730 bits per heavy atom. The van der Waals surface area contributed by atoms with Crippen molar-refractivity contribution in [3.63, 3.8) is 0 Å². The molecule has 1 atom stereocenters. The molecular formula is C35H30NO+. The van der Waals surface area contributed by atoms with Gasteiger partial charge in [-0.1, -0.05) is 96.6 Å². The van der Waals surface area contributed by atoms with E-state index in [4.69, 9.17) is 0 Å². The molecule has 37 heavy (non-hydrogen) atoms. The van der Waals surface area contributed by atoms with Crippen LogP contribution in [0.25, 0.3) is 28.1 Å². The minimum atomic E-state index is -0.210. The van der Waals surface area contributed by atoms with E-state index < -0.39 is 0 Å². The van der Waals surface area contributed by atoms with Crippen molar-refractivity contribution in [3.05, 3.63) is 144 Å². The van der Waals surface area contributed by atoms with Gasteiger partial charge in [-0.25, -0.2) is 0 Å². The molecule has 0 amide bonds. The molecule has 4 aromatic carbocycles. The third-order valence-corrected chi connectivity index (χ3v) is 7.47. The largest absolute Gasteiger partial charge is 0.293 e. The zero-order valence-electron chi connectivity index (χ0n) is 21.1. The second-order valence-electron chi connectivity index (χ2n) is 9.89. The van der Waals surface area contributed by atoms with Crippen LogP contribution in [-0.2, 0) is 6.42 Å². The number of para-hydroxylation sites is 1. The lowest BCUT2D eigenvalue weighted by atomic mass is 9.78. The Morgan fingerprint density at radius 3 is 1.97 bits per heavy atom. The van der Waals surface area contributed by atoms with Crippen LogP contribution in [0.2, 0.25) is 0 Å². The molecule has 2 nitrogen and oxygen atoms in total. The van der Waals surface area contributed by atoms with Crippen LogP contribution in [-0.4, -0.2) is 5.78 Å². The van der Waals surface area contributed by atoms with E-state index >= 15 is 0 Å². The highest BCUT2D eigenvalue weighted by Crippen LogP contribution is 2.40. The molecule has 0 saturated heterocycles. The van der Waals surface area contributed by atoms with Gasteiger partial charge in [0.25, 0.3) is 0 Å². The van der Waals surface area contributed by atoms with Gasteiger partial charge in [0.15, 0.2) is 5.78 Å². The first-order valence-electron chi connectivity index (χ1n) is 13.1. The van der Waals surface area contributed by atoms with E-state index in [0.29, 0.717) is 0 Å². The number of benzene rings is 4. The highest BCUT2D eigenvalue weighted by molar-refractivity contribution is 6.01. The maximum absolute atomic E-state index is 14.1. The Morgan fingerprint density at radius 2 is 1.32 bits per heavy atom. The van der Waals surface area contributed by atoms with Gasteiger partial charge in [0.1, 0.15) is 5.92 Å². The molecule has 0 radical (unpaired) electrons. The number of aryl methyl sites for hydroxylation is 1. The van der Waals surface area contributed by atoms with Gasteiger partial charge < -0.3 is 0 Å². The number of Topliss-reactive ketones (excluding diaryl/α,β-unsaturated/α-hetero) is 1. The van der Waals surface area contributed by atoms with Crippen molar-refractivity contribution in [2.45, 2.75) is 32.1 Å². The smallest absolute Gasteiger partial charge is 0.219 e. The van der Waals surface area contributed by atoms with Crippen molar-refractivity contribution in [1.29, 1.82) is 0 Å². The summed E-state index contributed by atoms with van der Waals surface area (Å²) in [6.45, 7) is 2.06. The van der Waals surface area contributed by atoms with Crippen LogP contribution >= 0.6 is 0 Å². The minimum Gasteiger partial charge on any atom is -0.293 e. The Balaban J connectivity index is 1.68. The van der Waals surface area contributed by atoms with Crippen LogP contribution in [0.3, 0.4) is 0 Å². The summed E-state index contributed by atoms with van der Waals surface area (Å²) in [5, 5.41) is 0. The van der Waals surface area contributed by atoms with Gasteiger partial charge >= 0.3 is 0 Å². The van der Waals surface area contributed by atoms with Gasteiger partial charge in [-0.3, -0.25) is 4.79 Å². The van der Waals surface area contributed by atoms with Gasteiger partial charge in [-0.05, 0) is 49.4 Å². The Hall–Kier alpha value is -4.30. The van der Waals surface area contributed by atoms with E-state index in [2.05, 4.69) is 102 Å². The van der Waals surface area contributed by atoms with Gasteiger partial charge in [0.05, 0.1) is 0 Å². The number of ketones is 1. The predicted octanol–water partition coefficient (Wildman–Crippen LogP) is 7.91. The predicted molar refractivity (Wildman–Crippen MR) is 150 cm³/mol.